The molecule has 0 rings (SSSR count). The van der Waals surface area contributed by atoms with Gasteiger partial charge in [0.25, 0.3) is 0 Å². The fourth-order valence-electron chi connectivity index (χ4n) is 2.27. The Labute approximate surface area is 168 Å². The number of nitrogens with two attached hydrogens (primary N) is 2. The monoisotopic (exact) mass is 417 g/mol. The zero-order valence-electron chi connectivity index (χ0n) is 16.8. The lowest BCUT2D eigenvalue weighted by atomic mass is 10.0. The summed E-state index contributed by atoms with van der Waals surface area (Å²) >= 11 is 0. The molecule has 0 bridgehead atoms. The first-order chi connectivity index (χ1) is 13.3. The highest BCUT2D eigenvalue weighted by Gasteiger charge is 2.27. The molecule has 0 saturated carbocycles. The van der Waals surface area contributed by atoms with Gasteiger partial charge in [-0.2, -0.15) is 0 Å². The Morgan fingerprint density at radius 2 is 1.55 bits per heavy atom. The number of hydrogen-bond acceptors (Lipinski definition) is 7. The van der Waals surface area contributed by atoms with E-state index in [1.165, 1.54) is 6.92 Å². The first kappa shape index (κ1) is 26.3. The first-order valence-corrected chi connectivity index (χ1v) is 9.17. The average molecular weight is 417 g/mol. The van der Waals surface area contributed by atoms with Gasteiger partial charge in [0, 0.05) is 6.42 Å². The SMILES string of the molecule is CC(C)CC(NC(=O)CNC(=O)C(N)C(C)O)C(=O)NC(CCC(N)=O)C(=O)O. The predicted octanol–water partition coefficient (Wildman–Crippen LogP) is -2.82. The van der Waals surface area contributed by atoms with Crippen molar-refractivity contribution >= 4 is 29.6 Å². The van der Waals surface area contributed by atoms with Crippen molar-refractivity contribution in [3.8, 4) is 0 Å². The van der Waals surface area contributed by atoms with Gasteiger partial charge in [0.05, 0.1) is 12.6 Å². The van der Waals surface area contributed by atoms with Crippen molar-refractivity contribution in [2.24, 2.45) is 17.4 Å². The molecule has 0 aliphatic heterocycles. The molecule has 4 atom stereocenters. The molecule has 0 heterocycles. The van der Waals surface area contributed by atoms with E-state index in [0.717, 1.165) is 0 Å². The molecule has 12 heteroatoms. The summed E-state index contributed by atoms with van der Waals surface area (Å²) in [5, 5.41) is 25.4. The maximum atomic E-state index is 12.5. The summed E-state index contributed by atoms with van der Waals surface area (Å²) in [5.74, 6) is -4.23. The third-order valence-corrected chi connectivity index (χ3v) is 3.90. The van der Waals surface area contributed by atoms with E-state index in [9.17, 15) is 34.2 Å². The number of carbonyl (C=O) groups excluding carboxylic acids is 4. The van der Waals surface area contributed by atoms with Gasteiger partial charge in [0.15, 0.2) is 0 Å². The van der Waals surface area contributed by atoms with Crippen molar-refractivity contribution in [1.29, 1.82) is 0 Å². The number of nitrogens with one attached hydrogen (secondary N) is 3. The highest BCUT2D eigenvalue weighted by Crippen LogP contribution is 2.07. The quantitative estimate of drug-likeness (QED) is 0.165. The van der Waals surface area contributed by atoms with E-state index in [1.807, 2.05) is 0 Å². The van der Waals surface area contributed by atoms with Gasteiger partial charge in [-0.3, -0.25) is 19.2 Å². The molecule has 12 nitrogen and oxygen atoms in total. The van der Waals surface area contributed by atoms with Crippen LogP contribution >= 0.6 is 0 Å². The lowest BCUT2D eigenvalue weighted by Crippen LogP contribution is -2.54. The number of carboxylic acid groups (broad SMARTS) is 1. The van der Waals surface area contributed by atoms with E-state index in [0.29, 0.717) is 0 Å². The number of aliphatic hydroxyl groups is 1. The first-order valence-electron chi connectivity index (χ1n) is 9.17. The van der Waals surface area contributed by atoms with Crippen LogP contribution in [0.2, 0.25) is 0 Å². The lowest BCUT2D eigenvalue weighted by molar-refractivity contribution is -0.142. The molecule has 0 radical (unpaired) electrons. The van der Waals surface area contributed by atoms with Crippen molar-refractivity contribution in [3.05, 3.63) is 0 Å². The van der Waals surface area contributed by atoms with E-state index in [4.69, 9.17) is 11.5 Å². The molecule has 166 valence electrons. The largest absolute Gasteiger partial charge is 0.480 e. The summed E-state index contributed by atoms with van der Waals surface area (Å²) in [5.41, 5.74) is 10.4. The topological polar surface area (TPSA) is 214 Å². The van der Waals surface area contributed by atoms with E-state index < -0.39 is 60.4 Å². The standard InChI is InChI=1S/C17H31N5O7/c1-8(2)6-11(15(26)22-10(17(28)29)4-5-12(18)24)21-13(25)7-20-16(27)14(19)9(3)23/h8-11,14,23H,4-7,19H2,1-3H3,(H2,18,24)(H,20,27)(H,21,25)(H,22,26)(H,28,29). The van der Waals surface area contributed by atoms with Gasteiger partial charge in [-0.1, -0.05) is 13.8 Å². The second kappa shape index (κ2) is 12.7. The number of carbonyl (C=O) groups is 5. The Kier molecular flexibility index (Phi) is 11.5. The fourth-order valence-corrected chi connectivity index (χ4v) is 2.27. The van der Waals surface area contributed by atoms with Crippen LogP contribution in [0, 0.1) is 5.92 Å². The van der Waals surface area contributed by atoms with Crippen molar-refractivity contribution in [3.63, 3.8) is 0 Å². The smallest absolute Gasteiger partial charge is 0.326 e. The normalized spacial score (nSPS) is 15.0. The zero-order valence-corrected chi connectivity index (χ0v) is 16.8. The van der Waals surface area contributed by atoms with Gasteiger partial charge in [0.2, 0.25) is 23.6 Å². The van der Waals surface area contributed by atoms with Crippen LogP contribution in [0.4, 0.5) is 0 Å². The van der Waals surface area contributed by atoms with Crippen LogP contribution in [0.15, 0.2) is 0 Å². The summed E-state index contributed by atoms with van der Waals surface area (Å²) in [6.45, 7) is 4.45. The predicted molar refractivity (Wildman–Crippen MR) is 102 cm³/mol. The van der Waals surface area contributed by atoms with E-state index in [2.05, 4.69) is 16.0 Å². The maximum absolute atomic E-state index is 12.5. The number of amides is 4. The second-order valence-electron chi connectivity index (χ2n) is 7.14. The van der Waals surface area contributed by atoms with Crippen LogP contribution < -0.4 is 27.4 Å². The van der Waals surface area contributed by atoms with Crippen molar-refractivity contribution in [1.82, 2.24) is 16.0 Å². The van der Waals surface area contributed by atoms with Gasteiger partial charge >= 0.3 is 5.97 Å². The van der Waals surface area contributed by atoms with Gasteiger partial charge < -0.3 is 37.6 Å². The highest BCUT2D eigenvalue weighted by molar-refractivity contribution is 5.92. The summed E-state index contributed by atoms with van der Waals surface area (Å²) in [6.07, 6.45) is -1.31. The van der Waals surface area contributed by atoms with E-state index in [1.54, 1.807) is 13.8 Å². The second-order valence-corrected chi connectivity index (χ2v) is 7.14. The molecule has 0 spiro atoms. The number of hydrogen-bond donors (Lipinski definition) is 7. The molecular formula is C17H31N5O7. The maximum Gasteiger partial charge on any atom is 0.326 e. The Balaban J connectivity index is 4.94. The van der Waals surface area contributed by atoms with Crippen molar-refractivity contribution in [2.75, 3.05) is 6.54 Å². The fraction of sp³-hybridized carbons (Fsp3) is 0.706. The summed E-state index contributed by atoms with van der Waals surface area (Å²) < 4.78 is 0. The average Bonchev–Trinajstić information content (AvgIpc) is 2.60. The number of aliphatic carboxylic acids is 1. The summed E-state index contributed by atoms with van der Waals surface area (Å²) in [4.78, 5) is 58.4. The van der Waals surface area contributed by atoms with Gasteiger partial charge in [0.1, 0.15) is 18.1 Å². The number of rotatable bonds is 13. The minimum absolute atomic E-state index is 0.0156. The van der Waals surface area contributed by atoms with E-state index in [-0.39, 0.29) is 25.2 Å². The third-order valence-electron chi connectivity index (χ3n) is 3.90. The zero-order chi connectivity index (χ0) is 22.7. The molecule has 0 aromatic rings. The Morgan fingerprint density at radius 3 is 2.00 bits per heavy atom. The van der Waals surface area contributed by atoms with Crippen LogP contribution in [0.25, 0.3) is 0 Å². The molecule has 0 aliphatic carbocycles. The molecule has 0 aliphatic rings. The molecule has 29 heavy (non-hydrogen) atoms. The van der Waals surface area contributed by atoms with Crippen LogP contribution in [-0.4, -0.2) is 70.6 Å². The minimum Gasteiger partial charge on any atom is -0.480 e. The Morgan fingerprint density at radius 1 is 0.966 bits per heavy atom. The molecule has 0 fully saturated rings. The molecule has 0 aromatic heterocycles. The van der Waals surface area contributed by atoms with Crippen LogP contribution in [0.5, 0.6) is 0 Å². The highest BCUT2D eigenvalue weighted by atomic mass is 16.4. The Hall–Kier alpha value is -2.73. The molecule has 4 unspecified atom stereocenters. The Bertz CT molecular complexity index is 609. The van der Waals surface area contributed by atoms with Gasteiger partial charge in [-0.25, -0.2) is 4.79 Å². The molecular weight excluding hydrogens is 386 g/mol. The van der Waals surface area contributed by atoms with Gasteiger partial charge in [-0.15, -0.1) is 0 Å². The van der Waals surface area contributed by atoms with Crippen LogP contribution in [-0.2, 0) is 24.0 Å². The van der Waals surface area contributed by atoms with Gasteiger partial charge in [-0.05, 0) is 25.7 Å². The van der Waals surface area contributed by atoms with Crippen molar-refractivity contribution < 1.29 is 34.2 Å². The lowest BCUT2D eigenvalue weighted by Gasteiger charge is -2.23. The molecule has 0 aromatic carbocycles. The summed E-state index contributed by atoms with van der Waals surface area (Å²) in [6, 6.07) is -3.61. The number of carboxylic acids is 1. The van der Waals surface area contributed by atoms with Crippen molar-refractivity contribution in [2.45, 2.75) is 64.3 Å². The minimum atomic E-state index is -1.34. The van der Waals surface area contributed by atoms with Crippen LogP contribution in [0.1, 0.15) is 40.0 Å². The molecule has 0 saturated heterocycles. The molecule has 9 N–H and O–H groups in total. The van der Waals surface area contributed by atoms with E-state index >= 15 is 0 Å². The molecule has 4 amide bonds. The van der Waals surface area contributed by atoms with Crippen LogP contribution in [0.3, 0.4) is 0 Å². The third kappa shape index (κ3) is 11.0. The number of aliphatic hydroxyl groups excluding tert-OH is 1. The number of primary amides is 1. The summed E-state index contributed by atoms with van der Waals surface area (Å²) in [7, 11) is 0.